The molecule has 0 aliphatic heterocycles. The van der Waals surface area contributed by atoms with E-state index in [0.29, 0.717) is 25.4 Å². The third kappa shape index (κ3) is 2.81. The molecule has 12 heavy (non-hydrogen) atoms. The first-order valence-corrected chi connectivity index (χ1v) is 3.82. The van der Waals surface area contributed by atoms with E-state index < -0.39 is 5.97 Å². The van der Waals surface area contributed by atoms with Crippen molar-refractivity contribution in [3.8, 4) is 0 Å². The van der Waals surface area contributed by atoms with Crippen LogP contribution in [-0.2, 0) is 14.3 Å². The summed E-state index contributed by atoms with van der Waals surface area (Å²) >= 11 is 0. The predicted octanol–water partition coefficient (Wildman–Crippen LogP) is -2.12. The summed E-state index contributed by atoms with van der Waals surface area (Å²) in [4.78, 5) is 21.9. The van der Waals surface area contributed by atoms with E-state index in [1.807, 2.05) is 0 Å². The Kier molecular flexibility index (Phi) is 5.63. The number of carbonyl (C=O) groups is 2. The first kappa shape index (κ1) is 12.0. The van der Waals surface area contributed by atoms with Gasteiger partial charge < -0.3 is 9.53 Å². The fraction of sp³-hybridized carbons (Fsp3) is 0.625. The molecule has 0 bridgehead atoms. The number of hydrogen-bond donors (Lipinski definition) is 0. The van der Waals surface area contributed by atoms with Crippen LogP contribution in [0.3, 0.4) is 0 Å². The van der Waals surface area contributed by atoms with E-state index in [2.05, 4.69) is 0 Å². The van der Waals surface area contributed by atoms with E-state index in [0.717, 1.165) is 6.42 Å². The molecule has 0 atom stereocenters. The number of ether oxygens (including phenoxy) is 1. The van der Waals surface area contributed by atoms with Crippen LogP contribution in [0.4, 0.5) is 0 Å². The zero-order valence-corrected chi connectivity index (χ0v) is 9.55. The van der Waals surface area contributed by atoms with Gasteiger partial charge in [0.25, 0.3) is 0 Å². The summed E-state index contributed by atoms with van der Waals surface area (Å²) in [6.07, 6.45) is 1.90. The second-order valence-corrected chi connectivity index (χ2v) is 2.48. The van der Waals surface area contributed by atoms with Gasteiger partial charge in [-0.25, -0.2) is 5.92 Å². The molecule has 1 aliphatic carbocycles. The van der Waals surface area contributed by atoms with Crippen LogP contribution < -0.4 is 29.6 Å². The van der Waals surface area contributed by atoms with Gasteiger partial charge in [0.15, 0.2) is 5.97 Å². The Labute approximate surface area is 94.1 Å². The van der Waals surface area contributed by atoms with Crippen molar-refractivity contribution in [1.29, 1.82) is 0 Å². The normalized spacial score (nSPS) is 15.8. The number of esters is 1. The number of carbonyl (C=O) groups excluding carboxylic acids is 2. The van der Waals surface area contributed by atoms with Crippen molar-refractivity contribution < 1.29 is 43.9 Å². The summed E-state index contributed by atoms with van der Waals surface area (Å²) in [5, 5.41) is 0. The second kappa shape index (κ2) is 5.62. The van der Waals surface area contributed by atoms with Crippen LogP contribution in [0.2, 0.25) is 0 Å². The average Bonchev–Trinajstić information content (AvgIpc) is 2.36. The number of Topliss-reactive ketones (excluding diaryl/α,β-unsaturated/α-hetero) is 1. The van der Waals surface area contributed by atoms with Crippen molar-refractivity contribution in [3.63, 3.8) is 0 Å². The fourth-order valence-electron chi connectivity index (χ4n) is 1.15. The number of hydrogen-bond acceptors (Lipinski definition) is 3. The van der Waals surface area contributed by atoms with Crippen LogP contribution in [0, 0.1) is 5.92 Å². The monoisotopic (exact) mass is 178 g/mol. The Hall–Kier alpha value is 0.0100. The van der Waals surface area contributed by atoms with E-state index in [1.165, 1.54) is 0 Å². The maximum absolute atomic E-state index is 11.0. The molecule has 4 heteroatoms. The summed E-state index contributed by atoms with van der Waals surface area (Å²) in [5.74, 6) is -0.106. The summed E-state index contributed by atoms with van der Waals surface area (Å²) in [7, 11) is 0. The van der Waals surface area contributed by atoms with Crippen molar-refractivity contribution in [1.82, 2.24) is 0 Å². The molecule has 1 saturated carbocycles. The number of rotatable bonds is 2. The molecule has 0 aromatic heterocycles. The molecular weight excluding hydrogens is 167 g/mol. The summed E-state index contributed by atoms with van der Waals surface area (Å²) in [6.45, 7) is 2.08. The zero-order chi connectivity index (χ0) is 8.27. The Balaban J connectivity index is 0.00000121. The molecule has 0 aromatic rings. The van der Waals surface area contributed by atoms with Gasteiger partial charge in [-0.15, -0.1) is 6.42 Å². The van der Waals surface area contributed by atoms with Crippen molar-refractivity contribution in [2.24, 2.45) is 0 Å². The Morgan fingerprint density at radius 2 is 2.33 bits per heavy atom. The van der Waals surface area contributed by atoms with Crippen molar-refractivity contribution in [2.75, 3.05) is 6.61 Å². The van der Waals surface area contributed by atoms with Crippen LogP contribution >= 0.6 is 0 Å². The van der Waals surface area contributed by atoms with Crippen molar-refractivity contribution in [2.45, 2.75) is 26.2 Å². The van der Waals surface area contributed by atoms with Gasteiger partial charge in [0.05, 0.1) is 6.61 Å². The second-order valence-electron chi connectivity index (χ2n) is 2.48. The first-order valence-electron chi connectivity index (χ1n) is 3.82. The summed E-state index contributed by atoms with van der Waals surface area (Å²) in [6, 6.07) is 0. The van der Waals surface area contributed by atoms with E-state index in [1.54, 1.807) is 6.92 Å². The van der Waals surface area contributed by atoms with Gasteiger partial charge >= 0.3 is 29.6 Å². The van der Waals surface area contributed by atoms with Gasteiger partial charge in [0.2, 0.25) is 0 Å². The minimum Gasteiger partial charge on any atom is -0.488 e. The van der Waals surface area contributed by atoms with Gasteiger partial charge in [0, 0.05) is 5.78 Å². The molecule has 0 aromatic carbocycles. The van der Waals surface area contributed by atoms with Gasteiger partial charge in [-0.3, -0.25) is 4.79 Å². The Morgan fingerprint density at radius 3 is 2.75 bits per heavy atom. The third-order valence-corrected chi connectivity index (χ3v) is 1.69. The Bertz CT molecular complexity index is 179. The molecule has 0 radical (unpaired) electrons. The van der Waals surface area contributed by atoms with Gasteiger partial charge in [-0.2, -0.15) is 0 Å². The summed E-state index contributed by atoms with van der Waals surface area (Å²) in [5.41, 5.74) is 0. The topological polar surface area (TPSA) is 43.4 Å². The first-order chi connectivity index (χ1) is 5.25. The smallest absolute Gasteiger partial charge is 0.488 e. The van der Waals surface area contributed by atoms with Crippen LogP contribution in [0.25, 0.3) is 0 Å². The summed E-state index contributed by atoms with van der Waals surface area (Å²) < 4.78 is 4.70. The molecule has 0 spiro atoms. The molecule has 1 fully saturated rings. The minimum atomic E-state index is -0.421. The Morgan fingerprint density at radius 1 is 1.67 bits per heavy atom. The molecule has 0 N–H and O–H groups in total. The average molecular weight is 178 g/mol. The number of ketones is 1. The van der Waals surface area contributed by atoms with E-state index in [4.69, 9.17) is 4.74 Å². The standard InChI is InChI=1S/C8H11O3.Na/c1-2-11-8(10)6-4-3-5-7(6)9;/h2-5H2,1H3;/q-1;+1. The van der Waals surface area contributed by atoms with Gasteiger partial charge in [-0.1, -0.05) is 6.42 Å². The van der Waals surface area contributed by atoms with Crippen LogP contribution in [-0.4, -0.2) is 18.4 Å². The molecule has 1 aliphatic rings. The molecule has 0 heterocycles. The molecule has 0 saturated heterocycles. The largest absolute Gasteiger partial charge is 1.00 e. The van der Waals surface area contributed by atoms with Gasteiger partial charge in [-0.05, 0) is 13.3 Å². The molecule has 1 rings (SSSR count). The molecular formula is C8H11NaO3. The van der Waals surface area contributed by atoms with E-state index in [9.17, 15) is 9.59 Å². The molecule has 0 unspecified atom stereocenters. The molecule has 62 valence electrons. The fourth-order valence-corrected chi connectivity index (χ4v) is 1.15. The minimum absolute atomic E-state index is 0. The van der Waals surface area contributed by atoms with Gasteiger partial charge in [0.1, 0.15) is 0 Å². The van der Waals surface area contributed by atoms with Crippen molar-refractivity contribution in [3.05, 3.63) is 5.92 Å². The van der Waals surface area contributed by atoms with Crippen LogP contribution in [0.5, 0.6) is 0 Å². The predicted molar refractivity (Wildman–Crippen MR) is 38.7 cm³/mol. The van der Waals surface area contributed by atoms with Crippen LogP contribution in [0.1, 0.15) is 26.2 Å². The SMILES string of the molecule is CCOC(=O)[C-]1CCCC1=O.[Na+]. The molecule has 3 nitrogen and oxygen atoms in total. The maximum atomic E-state index is 11.0. The quantitative estimate of drug-likeness (QED) is 0.276. The van der Waals surface area contributed by atoms with E-state index in [-0.39, 0.29) is 35.3 Å². The maximum Gasteiger partial charge on any atom is 1.00 e. The van der Waals surface area contributed by atoms with Crippen molar-refractivity contribution >= 4 is 11.8 Å². The zero-order valence-electron chi connectivity index (χ0n) is 7.55. The molecule has 0 amide bonds. The third-order valence-electron chi connectivity index (χ3n) is 1.69. The van der Waals surface area contributed by atoms with Crippen LogP contribution in [0.15, 0.2) is 0 Å². The van der Waals surface area contributed by atoms with E-state index >= 15 is 0 Å².